The van der Waals surface area contributed by atoms with Gasteiger partial charge in [-0.25, -0.2) is 14.4 Å². The number of hydrogen-bond acceptors (Lipinski definition) is 4. The van der Waals surface area contributed by atoms with Crippen molar-refractivity contribution >= 4 is 11.5 Å². The summed E-state index contributed by atoms with van der Waals surface area (Å²) in [5.74, 6) is 1.21. The van der Waals surface area contributed by atoms with E-state index in [4.69, 9.17) is 5.73 Å². The van der Waals surface area contributed by atoms with E-state index in [0.717, 1.165) is 23.6 Å². The van der Waals surface area contributed by atoms with Gasteiger partial charge in [0.25, 0.3) is 0 Å². The maximum absolute atomic E-state index is 13.4. The van der Waals surface area contributed by atoms with Gasteiger partial charge in [0.2, 0.25) is 0 Å². The number of benzene rings is 1. The van der Waals surface area contributed by atoms with Crippen LogP contribution in [-0.4, -0.2) is 23.1 Å². The van der Waals surface area contributed by atoms with Gasteiger partial charge in [0.15, 0.2) is 0 Å². The van der Waals surface area contributed by atoms with Gasteiger partial charge in [0.1, 0.15) is 17.5 Å². The summed E-state index contributed by atoms with van der Waals surface area (Å²) in [6.45, 7) is 5.04. The molecule has 1 aromatic heterocycles. The van der Waals surface area contributed by atoms with E-state index >= 15 is 0 Å². The Balaban J connectivity index is 2.41. The fourth-order valence-corrected chi connectivity index (χ4v) is 2.10. The predicted octanol–water partition coefficient (Wildman–Crippen LogP) is 2.72. The first-order valence-corrected chi connectivity index (χ1v) is 6.65. The Bertz CT molecular complexity index is 566. The first-order valence-electron chi connectivity index (χ1n) is 6.65. The van der Waals surface area contributed by atoms with Gasteiger partial charge >= 0.3 is 0 Å². The molecular formula is C15H19FN4. The van der Waals surface area contributed by atoms with E-state index in [1.807, 2.05) is 30.9 Å². The van der Waals surface area contributed by atoms with Crippen molar-refractivity contribution in [2.45, 2.75) is 20.3 Å². The largest absolute Gasteiger partial charge is 0.330 e. The van der Waals surface area contributed by atoms with Crippen LogP contribution < -0.4 is 10.6 Å². The number of hydrogen-bond donors (Lipinski definition) is 1. The van der Waals surface area contributed by atoms with Crippen LogP contribution in [0.5, 0.6) is 0 Å². The second kappa shape index (κ2) is 6.43. The first kappa shape index (κ1) is 14.4. The third kappa shape index (κ3) is 3.51. The fraction of sp³-hybridized carbons (Fsp3) is 0.333. The molecule has 2 N–H and O–H groups in total. The Labute approximate surface area is 118 Å². The third-order valence-corrected chi connectivity index (χ3v) is 2.93. The van der Waals surface area contributed by atoms with Crippen LogP contribution in [0.15, 0.2) is 30.3 Å². The van der Waals surface area contributed by atoms with Crippen LogP contribution in [0.25, 0.3) is 0 Å². The van der Waals surface area contributed by atoms with E-state index in [9.17, 15) is 4.39 Å². The summed E-state index contributed by atoms with van der Waals surface area (Å²) in [6.07, 6.45) is 0.804. The molecule has 0 saturated heterocycles. The number of nitrogens with two attached hydrogens (primary N) is 1. The monoisotopic (exact) mass is 274 g/mol. The summed E-state index contributed by atoms with van der Waals surface area (Å²) in [5, 5.41) is 0. The molecule has 5 heteroatoms. The zero-order chi connectivity index (χ0) is 14.5. The van der Waals surface area contributed by atoms with Gasteiger partial charge in [0, 0.05) is 24.0 Å². The molecule has 0 aliphatic rings. The van der Waals surface area contributed by atoms with Gasteiger partial charge in [-0.1, -0.05) is 6.07 Å². The number of halogens is 1. The molecule has 0 radical (unpaired) electrons. The van der Waals surface area contributed by atoms with Gasteiger partial charge in [-0.2, -0.15) is 0 Å². The smallest absolute Gasteiger partial charge is 0.136 e. The Kier molecular flexibility index (Phi) is 4.63. The second-order valence-electron chi connectivity index (χ2n) is 4.69. The average Bonchev–Trinajstić information content (AvgIpc) is 2.38. The summed E-state index contributed by atoms with van der Waals surface area (Å²) in [7, 11) is 0. The van der Waals surface area contributed by atoms with Crippen LogP contribution >= 0.6 is 0 Å². The van der Waals surface area contributed by atoms with Crippen molar-refractivity contribution in [1.82, 2.24) is 9.97 Å². The Morgan fingerprint density at radius 3 is 2.65 bits per heavy atom. The molecule has 0 bridgehead atoms. The molecule has 20 heavy (non-hydrogen) atoms. The average molecular weight is 274 g/mol. The van der Waals surface area contributed by atoms with E-state index in [1.165, 1.54) is 12.1 Å². The maximum atomic E-state index is 13.4. The van der Waals surface area contributed by atoms with Crippen LogP contribution in [0.1, 0.15) is 17.9 Å². The fourth-order valence-electron chi connectivity index (χ4n) is 2.10. The van der Waals surface area contributed by atoms with Crippen molar-refractivity contribution in [3.05, 3.63) is 47.7 Å². The van der Waals surface area contributed by atoms with Crippen LogP contribution in [0, 0.1) is 19.7 Å². The minimum atomic E-state index is -0.261. The number of aryl methyl sites for hydroxylation is 2. The highest BCUT2D eigenvalue weighted by molar-refractivity contribution is 5.60. The Hall–Kier alpha value is -2.01. The zero-order valence-corrected chi connectivity index (χ0v) is 11.8. The standard InChI is InChI=1S/C15H19FN4/c1-11-9-15(19-12(2)18-11)20(8-4-7-17)14-6-3-5-13(16)10-14/h3,5-6,9-10H,4,7-8,17H2,1-2H3. The zero-order valence-electron chi connectivity index (χ0n) is 11.8. The van der Waals surface area contributed by atoms with Crippen molar-refractivity contribution < 1.29 is 4.39 Å². The topological polar surface area (TPSA) is 55.0 Å². The number of anilines is 2. The van der Waals surface area contributed by atoms with Crippen molar-refractivity contribution in [3.63, 3.8) is 0 Å². The van der Waals surface area contributed by atoms with Crippen LogP contribution in [0.2, 0.25) is 0 Å². The minimum Gasteiger partial charge on any atom is -0.330 e. The molecule has 0 amide bonds. The lowest BCUT2D eigenvalue weighted by molar-refractivity contribution is 0.627. The summed E-state index contributed by atoms with van der Waals surface area (Å²) in [5.41, 5.74) is 7.25. The van der Waals surface area contributed by atoms with E-state index in [0.29, 0.717) is 18.9 Å². The van der Waals surface area contributed by atoms with Gasteiger partial charge in [0.05, 0.1) is 0 Å². The summed E-state index contributed by atoms with van der Waals surface area (Å²) < 4.78 is 13.4. The number of rotatable bonds is 5. The molecule has 2 rings (SSSR count). The Morgan fingerprint density at radius 2 is 2.00 bits per heavy atom. The predicted molar refractivity (Wildman–Crippen MR) is 78.6 cm³/mol. The molecule has 2 aromatic rings. The molecule has 0 fully saturated rings. The molecule has 1 heterocycles. The highest BCUT2D eigenvalue weighted by Crippen LogP contribution is 2.25. The molecule has 1 aromatic carbocycles. The van der Waals surface area contributed by atoms with Gasteiger partial charge < -0.3 is 10.6 Å². The number of nitrogens with zero attached hydrogens (tertiary/aromatic N) is 3. The van der Waals surface area contributed by atoms with Crippen molar-refractivity contribution in [3.8, 4) is 0 Å². The molecule has 0 unspecified atom stereocenters. The summed E-state index contributed by atoms with van der Waals surface area (Å²) >= 11 is 0. The van der Waals surface area contributed by atoms with Crippen LogP contribution in [-0.2, 0) is 0 Å². The molecule has 4 nitrogen and oxygen atoms in total. The second-order valence-corrected chi connectivity index (χ2v) is 4.69. The lowest BCUT2D eigenvalue weighted by Crippen LogP contribution is -2.22. The lowest BCUT2D eigenvalue weighted by Gasteiger charge is -2.24. The van der Waals surface area contributed by atoms with Gasteiger partial charge in [-0.3, -0.25) is 0 Å². The van der Waals surface area contributed by atoms with Gasteiger partial charge in [-0.15, -0.1) is 0 Å². The molecule has 0 aliphatic heterocycles. The van der Waals surface area contributed by atoms with Crippen molar-refractivity contribution in [1.29, 1.82) is 0 Å². The molecule has 0 spiro atoms. The van der Waals surface area contributed by atoms with E-state index in [-0.39, 0.29) is 5.82 Å². The van der Waals surface area contributed by atoms with Crippen LogP contribution in [0.3, 0.4) is 0 Å². The Morgan fingerprint density at radius 1 is 1.20 bits per heavy atom. The molecule has 0 atom stereocenters. The van der Waals surface area contributed by atoms with Gasteiger partial charge in [-0.05, 0) is 45.0 Å². The first-order chi connectivity index (χ1) is 9.60. The maximum Gasteiger partial charge on any atom is 0.136 e. The van der Waals surface area contributed by atoms with E-state index < -0.39 is 0 Å². The van der Waals surface area contributed by atoms with Crippen LogP contribution in [0.4, 0.5) is 15.9 Å². The SMILES string of the molecule is Cc1cc(N(CCCN)c2cccc(F)c2)nc(C)n1. The lowest BCUT2D eigenvalue weighted by atomic mass is 10.2. The molecule has 0 aliphatic carbocycles. The quantitative estimate of drug-likeness (QED) is 0.910. The molecular weight excluding hydrogens is 255 g/mol. The van der Waals surface area contributed by atoms with E-state index in [2.05, 4.69) is 9.97 Å². The summed E-state index contributed by atoms with van der Waals surface area (Å²) in [4.78, 5) is 10.7. The molecule has 0 saturated carbocycles. The third-order valence-electron chi connectivity index (χ3n) is 2.93. The highest BCUT2D eigenvalue weighted by atomic mass is 19.1. The molecule has 106 valence electrons. The van der Waals surface area contributed by atoms with E-state index in [1.54, 1.807) is 6.07 Å². The summed E-state index contributed by atoms with van der Waals surface area (Å²) in [6, 6.07) is 8.40. The van der Waals surface area contributed by atoms with Crippen molar-refractivity contribution in [2.75, 3.05) is 18.0 Å². The minimum absolute atomic E-state index is 0.261. The number of aromatic nitrogens is 2. The van der Waals surface area contributed by atoms with Crippen molar-refractivity contribution in [2.24, 2.45) is 5.73 Å². The highest BCUT2D eigenvalue weighted by Gasteiger charge is 2.12. The normalized spacial score (nSPS) is 10.6.